The number of ether oxygens (including phenoxy) is 2. The van der Waals surface area contributed by atoms with Gasteiger partial charge in [-0.15, -0.1) is 11.3 Å². The van der Waals surface area contributed by atoms with E-state index in [0.29, 0.717) is 10.8 Å². The predicted molar refractivity (Wildman–Crippen MR) is 113 cm³/mol. The number of ketones is 1. The molecule has 0 saturated heterocycles. The minimum Gasteiger partial charge on any atom is -0.485 e. The molecule has 1 aromatic carbocycles. The molecule has 3 heterocycles. The molecule has 5 rings (SSSR count). The first-order valence-electron chi connectivity index (χ1n) is 10.2. The fourth-order valence-electron chi connectivity index (χ4n) is 4.74. The maximum atomic E-state index is 12.6. The number of carbonyl (C=O) groups excluding carboxylic acids is 2. The molecule has 3 aromatic rings. The molecule has 0 N–H and O–H groups in total. The van der Waals surface area contributed by atoms with Gasteiger partial charge in [-0.1, -0.05) is 31.4 Å². The second-order valence-corrected chi connectivity index (χ2v) is 8.88. The topological polar surface area (TPSA) is 57.5 Å². The summed E-state index contributed by atoms with van der Waals surface area (Å²) in [4.78, 5) is 25.4. The van der Waals surface area contributed by atoms with Crippen molar-refractivity contribution in [3.63, 3.8) is 0 Å². The molecule has 2 aliphatic rings. The van der Waals surface area contributed by atoms with Crippen molar-refractivity contribution < 1.29 is 19.1 Å². The Kier molecular flexibility index (Phi) is 4.66. The highest BCUT2D eigenvalue weighted by Crippen LogP contribution is 2.48. The lowest BCUT2D eigenvalue weighted by Crippen LogP contribution is -2.21. The second-order valence-electron chi connectivity index (χ2n) is 7.82. The van der Waals surface area contributed by atoms with E-state index in [2.05, 4.69) is 10.6 Å². The number of methoxy groups -OCH3 is 1. The predicted octanol–water partition coefficient (Wildman–Crippen LogP) is 5.17. The zero-order chi connectivity index (χ0) is 20.0. The number of esters is 1. The molecule has 0 atom stereocenters. The van der Waals surface area contributed by atoms with Gasteiger partial charge in [0.05, 0.1) is 29.6 Å². The third-order valence-electron chi connectivity index (χ3n) is 6.04. The van der Waals surface area contributed by atoms with E-state index in [9.17, 15) is 9.59 Å². The molecule has 0 unspecified atom stereocenters. The van der Waals surface area contributed by atoms with E-state index in [1.54, 1.807) is 0 Å². The Balaban J connectivity index is 1.82. The number of nitrogens with zero attached hydrogens (tertiary/aromatic N) is 1. The maximum Gasteiger partial charge on any atom is 0.348 e. The van der Waals surface area contributed by atoms with E-state index in [0.717, 1.165) is 40.1 Å². The van der Waals surface area contributed by atoms with Crippen LogP contribution in [-0.4, -0.2) is 30.0 Å². The molecule has 6 heteroatoms. The lowest BCUT2D eigenvalue weighted by molar-refractivity contribution is -0.121. The number of para-hydroxylation sites is 1. The van der Waals surface area contributed by atoms with Gasteiger partial charge in [0.15, 0.2) is 5.78 Å². The van der Waals surface area contributed by atoms with Gasteiger partial charge in [0, 0.05) is 5.56 Å². The SMILES string of the molecule is COC(=O)c1cc2c(s1)c(C1CCCCC1)c1n2CC(=O)COc2ccccc2-1. The number of hydrogen-bond donors (Lipinski definition) is 0. The highest BCUT2D eigenvalue weighted by atomic mass is 32.1. The summed E-state index contributed by atoms with van der Waals surface area (Å²) in [5, 5.41) is 0. The fraction of sp³-hybridized carbons (Fsp3) is 0.391. The number of benzene rings is 1. The monoisotopic (exact) mass is 409 g/mol. The molecule has 0 spiro atoms. The number of aromatic nitrogens is 1. The van der Waals surface area contributed by atoms with Gasteiger partial charge in [-0.05, 0) is 42.5 Å². The summed E-state index contributed by atoms with van der Waals surface area (Å²) in [5.41, 5.74) is 4.34. The average molecular weight is 410 g/mol. The van der Waals surface area contributed by atoms with Crippen LogP contribution in [0, 0.1) is 0 Å². The Labute approximate surface area is 173 Å². The van der Waals surface area contributed by atoms with Gasteiger partial charge in [-0.3, -0.25) is 4.79 Å². The van der Waals surface area contributed by atoms with Gasteiger partial charge >= 0.3 is 5.97 Å². The van der Waals surface area contributed by atoms with Gasteiger partial charge in [-0.25, -0.2) is 4.79 Å². The minimum atomic E-state index is -0.323. The highest BCUT2D eigenvalue weighted by molar-refractivity contribution is 7.21. The highest BCUT2D eigenvalue weighted by Gasteiger charge is 2.31. The van der Waals surface area contributed by atoms with E-state index >= 15 is 0 Å². The van der Waals surface area contributed by atoms with Crippen molar-refractivity contribution in [1.29, 1.82) is 0 Å². The molecule has 0 amide bonds. The van der Waals surface area contributed by atoms with E-state index in [1.165, 1.54) is 43.3 Å². The third-order valence-corrected chi connectivity index (χ3v) is 7.18. The molecule has 5 nitrogen and oxygen atoms in total. The van der Waals surface area contributed by atoms with Crippen LogP contribution < -0.4 is 4.74 Å². The molecule has 1 saturated carbocycles. The largest absolute Gasteiger partial charge is 0.485 e. The summed E-state index contributed by atoms with van der Waals surface area (Å²) in [7, 11) is 1.41. The van der Waals surface area contributed by atoms with Crippen molar-refractivity contribution >= 4 is 33.3 Å². The van der Waals surface area contributed by atoms with Crippen LogP contribution in [0.5, 0.6) is 5.75 Å². The zero-order valence-corrected chi connectivity index (χ0v) is 17.2. The Morgan fingerprint density at radius 2 is 2.00 bits per heavy atom. The van der Waals surface area contributed by atoms with Crippen LogP contribution in [0.4, 0.5) is 0 Å². The van der Waals surface area contributed by atoms with Crippen LogP contribution in [0.25, 0.3) is 21.5 Å². The lowest BCUT2D eigenvalue weighted by atomic mass is 9.83. The summed E-state index contributed by atoms with van der Waals surface area (Å²) in [5.74, 6) is 0.876. The normalized spacial score (nSPS) is 17.2. The van der Waals surface area contributed by atoms with E-state index < -0.39 is 0 Å². The number of hydrogen-bond acceptors (Lipinski definition) is 5. The molecule has 0 radical (unpaired) electrons. The van der Waals surface area contributed by atoms with Crippen LogP contribution in [0.2, 0.25) is 0 Å². The first kappa shape index (κ1) is 18.4. The first-order chi connectivity index (χ1) is 14.2. The van der Waals surface area contributed by atoms with Crippen LogP contribution in [0.15, 0.2) is 30.3 Å². The smallest absolute Gasteiger partial charge is 0.348 e. The molecule has 150 valence electrons. The molecular formula is C23H23NO4S. The summed E-state index contributed by atoms with van der Waals surface area (Å²) >= 11 is 1.49. The fourth-order valence-corrected chi connectivity index (χ4v) is 5.95. The van der Waals surface area contributed by atoms with Crippen molar-refractivity contribution in [3.8, 4) is 17.0 Å². The molecule has 1 fully saturated rings. The van der Waals surface area contributed by atoms with Gasteiger partial charge in [0.25, 0.3) is 0 Å². The van der Waals surface area contributed by atoms with Gasteiger partial charge in [-0.2, -0.15) is 0 Å². The Morgan fingerprint density at radius 3 is 2.79 bits per heavy atom. The molecule has 29 heavy (non-hydrogen) atoms. The molecular weight excluding hydrogens is 386 g/mol. The number of Topliss-reactive ketones (excluding diaryl/α,β-unsaturated/α-hetero) is 1. The number of carbonyl (C=O) groups is 2. The summed E-state index contributed by atoms with van der Waals surface area (Å²) in [6.07, 6.45) is 5.96. The number of rotatable bonds is 2. The quantitative estimate of drug-likeness (QED) is 0.548. The zero-order valence-electron chi connectivity index (χ0n) is 16.4. The van der Waals surface area contributed by atoms with Crippen molar-refractivity contribution in [1.82, 2.24) is 4.57 Å². The van der Waals surface area contributed by atoms with E-state index in [-0.39, 0.29) is 24.9 Å². The van der Waals surface area contributed by atoms with Crippen molar-refractivity contribution in [3.05, 3.63) is 40.8 Å². The van der Waals surface area contributed by atoms with Crippen molar-refractivity contribution in [2.45, 2.75) is 44.6 Å². The van der Waals surface area contributed by atoms with Crippen molar-refractivity contribution in [2.75, 3.05) is 13.7 Å². The molecule has 2 aromatic heterocycles. The summed E-state index contributed by atoms with van der Waals surface area (Å²) in [6, 6.07) is 9.86. The maximum absolute atomic E-state index is 12.6. The van der Waals surface area contributed by atoms with Gasteiger partial charge in [0.2, 0.25) is 0 Å². The Hall–Kier alpha value is -2.60. The lowest BCUT2D eigenvalue weighted by Gasteiger charge is -2.25. The molecule has 1 aliphatic carbocycles. The number of fused-ring (bicyclic) bond motifs is 5. The summed E-state index contributed by atoms with van der Waals surface area (Å²) < 4.78 is 14.0. The minimum absolute atomic E-state index is 0.0265. The summed E-state index contributed by atoms with van der Waals surface area (Å²) in [6.45, 7) is 0.313. The second kappa shape index (κ2) is 7.34. The van der Waals surface area contributed by atoms with Crippen LogP contribution >= 0.6 is 11.3 Å². The Morgan fingerprint density at radius 1 is 1.21 bits per heavy atom. The standard InChI is InChI=1S/C23H23NO4S/c1-27-23(26)19-11-17-22(29-19)20(14-7-3-2-4-8-14)21-16-9-5-6-10-18(16)28-13-15(25)12-24(17)21/h5-6,9-11,14H,2-4,7-8,12-13H2,1H3. The van der Waals surface area contributed by atoms with Gasteiger partial charge < -0.3 is 14.0 Å². The third kappa shape index (κ3) is 3.06. The van der Waals surface area contributed by atoms with Crippen LogP contribution in [0.3, 0.4) is 0 Å². The van der Waals surface area contributed by atoms with E-state index in [1.807, 2.05) is 24.3 Å². The van der Waals surface area contributed by atoms with E-state index in [4.69, 9.17) is 9.47 Å². The van der Waals surface area contributed by atoms with Crippen LogP contribution in [-0.2, 0) is 16.1 Å². The van der Waals surface area contributed by atoms with Crippen LogP contribution in [0.1, 0.15) is 53.3 Å². The molecule has 1 aliphatic heterocycles. The van der Waals surface area contributed by atoms with Gasteiger partial charge in [0.1, 0.15) is 17.2 Å². The molecule has 0 bridgehead atoms. The number of thiophene rings is 1. The van der Waals surface area contributed by atoms with Crippen molar-refractivity contribution in [2.24, 2.45) is 0 Å². The average Bonchev–Trinajstić information content (AvgIpc) is 3.29. The first-order valence-corrected chi connectivity index (χ1v) is 11.0. The Bertz CT molecular complexity index is 1100.